The second-order valence-corrected chi connectivity index (χ2v) is 3.20. The number of primary amides is 1. The fourth-order valence-electron chi connectivity index (χ4n) is 1.15. The molecule has 80 valence electrons. The Kier molecular flexibility index (Phi) is 4.34. The first-order chi connectivity index (χ1) is 7.20. The van der Waals surface area contributed by atoms with Gasteiger partial charge in [-0.15, -0.1) is 0 Å². The molecular formula is C11H15N3O. The molecule has 0 spiro atoms. The Hall–Kier alpha value is -1.84. The lowest BCUT2D eigenvalue weighted by Crippen LogP contribution is -2.14. The van der Waals surface area contributed by atoms with Gasteiger partial charge in [-0.1, -0.05) is 30.3 Å². The molecule has 4 N–H and O–H groups in total. The summed E-state index contributed by atoms with van der Waals surface area (Å²) in [6, 6.07) is 9.52. The average Bonchev–Trinajstić information content (AvgIpc) is 2.25. The van der Waals surface area contributed by atoms with Crippen molar-refractivity contribution in [2.75, 3.05) is 6.54 Å². The van der Waals surface area contributed by atoms with E-state index < -0.39 is 0 Å². The Morgan fingerprint density at radius 3 is 2.47 bits per heavy atom. The van der Waals surface area contributed by atoms with Crippen molar-refractivity contribution < 1.29 is 4.79 Å². The van der Waals surface area contributed by atoms with Crippen LogP contribution in [-0.2, 0) is 4.79 Å². The monoisotopic (exact) mass is 205 g/mol. The minimum atomic E-state index is -0.302. The van der Waals surface area contributed by atoms with Crippen molar-refractivity contribution in [3.05, 3.63) is 35.9 Å². The van der Waals surface area contributed by atoms with Crippen LogP contribution in [0.2, 0.25) is 0 Å². The predicted octanol–water partition coefficient (Wildman–Crippen LogP) is 0.657. The molecule has 1 aromatic carbocycles. The van der Waals surface area contributed by atoms with E-state index in [4.69, 9.17) is 11.5 Å². The van der Waals surface area contributed by atoms with Gasteiger partial charge < -0.3 is 11.5 Å². The molecule has 0 saturated heterocycles. The molecule has 0 aromatic heterocycles. The largest absolute Gasteiger partial charge is 0.384 e. The third kappa shape index (κ3) is 4.26. The van der Waals surface area contributed by atoms with E-state index in [1.807, 2.05) is 30.3 Å². The first kappa shape index (κ1) is 11.2. The Balaban J connectivity index is 2.43. The summed E-state index contributed by atoms with van der Waals surface area (Å²) in [7, 11) is 0. The lowest BCUT2D eigenvalue weighted by molar-refractivity contribution is -0.118. The standard InChI is InChI=1S/C11H15N3O/c12-10(15)7-4-8-14-11(13)9-5-2-1-3-6-9/h1-3,5-6H,4,7-8H2,(H2,12,15)(H2,13,14). The second-order valence-electron chi connectivity index (χ2n) is 3.20. The van der Waals surface area contributed by atoms with Crippen molar-refractivity contribution in [3.8, 4) is 0 Å². The molecule has 0 aliphatic carbocycles. The van der Waals surface area contributed by atoms with Gasteiger partial charge in [0.1, 0.15) is 5.84 Å². The zero-order valence-electron chi connectivity index (χ0n) is 8.52. The van der Waals surface area contributed by atoms with Crippen LogP contribution in [0.25, 0.3) is 0 Å². The summed E-state index contributed by atoms with van der Waals surface area (Å²) in [6.45, 7) is 0.531. The van der Waals surface area contributed by atoms with Gasteiger partial charge in [0, 0.05) is 18.5 Å². The van der Waals surface area contributed by atoms with Crippen molar-refractivity contribution in [1.29, 1.82) is 0 Å². The van der Waals surface area contributed by atoms with Crippen LogP contribution in [0.4, 0.5) is 0 Å². The number of amidine groups is 1. The third-order valence-corrected chi connectivity index (χ3v) is 1.93. The van der Waals surface area contributed by atoms with E-state index in [1.165, 1.54) is 0 Å². The maximum absolute atomic E-state index is 10.5. The summed E-state index contributed by atoms with van der Waals surface area (Å²) in [5.41, 5.74) is 11.6. The average molecular weight is 205 g/mol. The topological polar surface area (TPSA) is 81.5 Å². The molecule has 0 atom stereocenters. The van der Waals surface area contributed by atoms with Gasteiger partial charge in [0.15, 0.2) is 0 Å². The summed E-state index contributed by atoms with van der Waals surface area (Å²) in [6.07, 6.45) is 0.994. The van der Waals surface area contributed by atoms with Gasteiger partial charge in [0.05, 0.1) is 0 Å². The van der Waals surface area contributed by atoms with E-state index in [1.54, 1.807) is 0 Å². The van der Waals surface area contributed by atoms with Crippen LogP contribution in [-0.4, -0.2) is 18.3 Å². The van der Waals surface area contributed by atoms with Gasteiger partial charge in [0.25, 0.3) is 0 Å². The van der Waals surface area contributed by atoms with E-state index in [2.05, 4.69) is 4.99 Å². The van der Waals surface area contributed by atoms with Gasteiger partial charge in [-0.3, -0.25) is 9.79 Å². The first-order valence-electron chi connectivity index (χ1n) is 4.84. The van der Waals surface area contributed by atoms with Crippen LogP contribution in [0.15, 0.2) is 35.3 Å². The number of rotatable bonds is 5. The minimum absolute atomic E-state index is 0.302. The smallest absolute Gasteiger partial charge is 0.217 e. The van der Waals surface area contributed by atoms with E-state index >= 15 is 0 Å². The summed E-state index contributed by atoms with van der Waals surface area (Å²) in [5, 5.41) is 0. The van der Waals surface area contributed by atoms with Crippen LogP contribution in [0.1, 0.15) is 18.4 Å². The molecule has 15 heavy (non-hydrogen) atoms. The number of amides is 1. The molecule has 0 saturated carbocycles. The minimum Gasteiger partial charge on any atom is -0.384 e. The fraction of sp³-hybridized carbons (Fsp3) is 0.273. The highest BCUT2D eigenvalue weighted by Gasteiger charge is 1.96. The van der Waals surface area contributed by atoms with Crippen molar-refractivity contribution in [2.24, 2.45) is 16.5 Å². The molecule has 0 fully saturated rings. The van der Waals surface area contributed by atoms with Crippen molar-refractivity contribution in [1.82, 2.24) is 0 Å². The zero-order chi connectivity index (χ0) is 11.1. The lowest BCUT2D eigenvalue weighted by Gasteiger charge is -2.00. The maximum Gasteiger partial charge on any atom is 0.217 e. The van der Waals surface area contributed by atoms with Gasteiger partial charge in [-0.2, -0.15) is 0 Å². The summed E-state index contributed by atoms with van der Waals surface area (Å²) < 4.78 is 0. The van der Waals surface area contributed by atoms with Gasteiger partial charge in [-0.05, 0) is 6.42 Å². The summed E-state index contributed by atoms with van der Waals surface area (Å²) in [4.78, 5) is 14.6. The zero-order valence-corrected chi connectivity index (χ0v) is 8.52. The Morgan fingerprint density at radius 1 is 1.20 bits per heavy atom. The fourth-order valence-corrected chi connectivity index (χ4v) is 1.15. The summed E-state index contributed by atoms with van der Waals surface area (Å²) >= 11 is 0. The molecule has 1 amide bonds. The van der Waals surface area contributed by atoms with Crippen LogP contribution >= 0.6 is 0 Å². The Bertz CT molecular complexity index is 346. The van der Waals surface area contributed by atoms with E-state index in [0.717, 1.165) is 5.56 Å². The Labute approximate surface area is 89.0 Å². The normalized spacial score (nSPS) is 11.3. The molecule has 0 aliphatic heterocycles. The van der Waals surface area contributed by atoms with E-state index in [-0.39, 0.29) is 5.91 Å². The molecule has 0 bridgehead atoms. The number of nitrogens with two attached hydrogens (primary N) is 2. The van der Waals surface area contributed by atoms with Crippen LogP contribution in [0.5, 0.6) is 0 Å². The molecular weight excluding hydrogens is 190 g/mol. The number of carbonyl (C=O) groups excluding carboxylic acids is 1. The number of nitrogens with zero attached hydrogens (tertiary/aromatic N) is 1. The second kappa shape index (κ2) is 5.80. The van der Waals surface area contributed by atoms with Crippen molar-refractivity contribution in [3.63, 3.8) is 0 Å². The highest BCUT2D eigenvalue weighted by atomic mass is 16.1. The highest BCUT2D eigenvalue weighted by molar-refractivity contribution is 5.97. The predicted molar refractivity (Wildman–Crippen MR) is 60.5 cm³/mol. The van der Waals surface area contributed by atoms with Crippen LogP contribution in [0.3, 0.4) is 0 Å². The number of benzene rings is 1. The summed E-state index contributed by atoms with van der Waals surface area (Å²) in [5.74, 6) is 0.198. The van der Waals surface area contributed by atoms with E-state index in [0.29, 0.717) is 25.2 Å². The maximum atomic E-state index is 10.5. The van der Waals surface area contributed by atoms with Crippen LogP contribution in [0, 0.1) is 0 Å². The number of aliphatic imine (C=N–C) groups is 1. The highest BCUT2D eigenvalue weighted by Crippen LogP contribution is 1.98. The van der Waals surface area contributed by atoms with Gasteiger partial charge >= 0.3 is 0 Å². The van der Waals surface area contributed by atoms with Crippen LogP contribution < -0.4 is 11.5 Å². The number of hydrogen-bond donors (Lipinski definition) is 2. The third-order valence-electron chi connectivity index (χ3n) is 1.93. The molecule has 0 aliphatic rings. The SMILES string of the molecule is NC(=O)CCCN=C(N)c1ccccc1. The molecule has 4 nitrogen and oxygen atoms in total. The Morgan fingerprint density at radius 2 is 1.87 bits per heavy atom. The van der Waals surface area contributed by atoms with Crippen molar-refractivity contribution >= 4 is 11.7 Å². The number of hydrogen-bond acceptors (Lipinski definition) is 2. The van der Waals surface area contributed by atoms with Gasteiger partial charge in [-0.25, -0.2) is 0 Å². The first-order valence-corrected chi connectivity index (χ1v) is 4.84. The van der Waals surface area contributed by atoms with Crippen molar-refractivity contribution in [2.45, 2.75) is 12.8 Å². The quantitative estimate of drug-likeness (QED) is 0.420. The molecule has 4 heteroatoms. The van der Waals surface area contributed by atoms with Gasteiger partial charge in [0.2, 0.25) is 5.91 Å². The molecule has 1 aromatic rings. The molecule has 0 radical (unpaired) electrons. The lowest BCUT2D eigenvalue weighted by atomic mass is 10.2. The molecule has 0 unspecified atom stereocenters. The molecule has 0 heterocycles. The number of carbonyl (C=O) groups is 1. The van der Waals surface area contributed by atoms with E-state index in [9.17, 15) is 4.79 Å². The molecule has 1 rings (SSSR count).